The number of hydrogen-bond acceptors (Lipinski definition) is 7. The van der Waals surface area contributed by atoms with Crippen LogP contribution in [0.4, 0.5) is 0 Å². The molecular weight excluding hydrogens is 456 g/mol. The molecule has 9 heteroatoms. The van der Waals surface area contributed by atoms with Gasteiger partial charge in [0.25, 0.3) is 5.56 Å². The van der Waals surface area contributed by atoms with E-state index >= 15 is 0 Å². The number of pyridine rings is 1. The predicted octanol–water partition coefficient (Wildman–Crippen LogP) is 3.70. The zero-order valence-corrected chi connectivity index (χ0v) is 20.8. The lowest BCUT2D eigenvalue weighted by molar-refractivity contribution is 0.0907. The van der Waals surface area contributed by atoms with Gasteiger partial charge in [-0.2, -0.15) is 0 Å². The summed E-state index contributed by atoms with van der Waals surface area (Å²) in [6, 6.07) is 17.4. The number of rotatable bonds is 10. The molecule has 2 atom stereocenters. The standard InChI is InChI=1S/C27H32N6O3/c1-3-32(17-19-9-6-5-7-10-19)25(26-29-30-31-33(26)18-22-11-8-14-36-22)23-16-20-15-21(35-4-2)12-13-24(20)28-27(23)34/h5-7,9-10,12-13,15-16,22,25H,3-4,8,11,14,17-18H2,1-2H3,(H,28,34)/t22-,25+/m1/s1. The lowest BCUT2D eigenvalue weighted by Crippen LogP contribution is -2.35. The van der Waals surface area contributed by atoms with Gasteiger partial charge in [0.2, 0.25) is 0 Å². The monoisotopic (exact) mass is 488 g/mol. The highest BCUT2D eigenvalue weighted by Crippen LogP contribution is 2.29. The van der Waals surface area contributed by atoms with E-state index in [0.29, 0.717) is 37.6 Å². The van der Waals surface area contributed by atoms with Crippen LogP contribution in [0, 0.1) is 0 Å². The second kappa shape index (κ2) is 11.0. The lowest BCUT2D eigenvalue weighted by atomic mass is 10.0. The molecule has 2 aromatic carbocycles. The molecule has 5 rings (SSSR count). The second-order valence-electron chi connectivity index (χ2n) is 9.04. The molecule has 1 N–H and O–H groups in total. The van der Waals surface area contributed by atoms with E-state index in [4.69, 9.17) is 9.47 Å². The molecule has 1 saturated heterocycles. The van der Waals surface area contributed by atoms with Crippen LogP contribution in [0.1, 0.15) is 49.7 Å². The highest BCUT2D eigenvalue weighted by molar-refractivity contribution is 5.80. The van der Waals surface area contributed by atoms with Crippen LogP contribution < -0.4 is 10.3 Å². The van der Waals surface area contributed by atoms with Crippen LogP contribution in [0.25, 0.3) is 10.9 Å². The third-order valence-electron chi connectivity index (χ3n) is 6.65. The Balaban J connectivity index is 1.61. The average Bonchev–Trinajstić information content (AvgIpc) is 3.58. The first kappa shape index (κ1) is 24.1. The quantitative estimate of drug-likeness (QED) is 0.363. The van der Waals surface area contributed by atoms with Crippen LogP contribution >= 0.6 is 0 Å². The molecule has 3 heterocycles. The Kier molecular flexibility index (Phi) is 7.39. The lowest BCUT2D eigenvalue weighted by Gasteiger charge is -2.30. The van der Waals surface area contributed by atoms with Crippen molar-refractivity contribution in [2.45, 2.75) is 51.9 Å². The largest absolute Gasteiger partial charge is 0.494 e. The molecule has 36 heavy (non-hydrogen) atoms. The number of H-pyrrole nitrogens is 1. The Morgan fingerprint density at radius 3 is 2.81 bits per heavy atom. The van der Waals surface area contributed by atoms with E-state index in [-0.39, 0.29) is 11.7 Å². The Bertz CT molecular complexity index is 1350. The van der Waals surface area contributed by atoms with Gasteiger partial charge in [0.15, 0.2) is 5.82 Å². The summed E-state index contributed by atoms with van der Waals surface area (Å²) in [5.74, 6) is 1.40. The summed E-state index contributed by atoms with van der Waals surface area (Å²) in [6.45, 7) is 7.27. The molecule has 9 nitrogen and oxygen atoms in total. The molecule has 4 aromatic rings. The molecule has 0 amide bonds. The van der Waals surface area contributed by atoms with Crippen molar-refractivity contribution >= 4 is 10.9 Å². The Morgan fingerprint density at radius 1 is 1.19 bits per heavy atom. The number of nitrogens with zero attached hydrogens (tertiary/aromatic N) is 5. The second-order valence-corrected chi connectivity index (χ2v) is 9.04. The number of benzene rings is 2. The molecule has 0 saturated carbocycles. The summed E-state index contributed by atoms with van der Waals surface area (Å²) >= 11 is 0. The van der Waals surface area contributed by atoms with Crippen LogP contribution in [0.15, 0.2) is 59.4 Å². The molecule has 0 aliphatic carbocycles. The zero-order chi connectivity index (χ0) is 24.9. The minimum atomic E-state index is -0.449. The van der Waals surface area contributed by atoms with Crippen LogP contribution in [-0.4, -0.2) is 56.0 Å². The van der Waals surface area contributed by atoms with Gasteiger partial charge in [-0.15, -0.1) is 5.10 Å². The van der Waals surface area contributed by atoms with E-state index in [1.165, 1.54) is 0 Å². The van der Waals surface area contributed by atoms with Crippen molar-refractivity contribution in [3.63, 3.8) is 0 Å². The maximum absolute atomic E-state index is 13.5. The molecule has 1 aliphatic heterocycles. The fourth-order valence-electron chi connectivity index (χ4n) is 4.88. The highest BCUT2D eigenvalue weighted by Gasteiger charge is 2.31. The summed E-state index contributed by atoms with van der Waals surface area (Å²) in [5, 5.41) is 13.6. The van der Waals surface area contributed by atoms with E-state index < -0.39 is 6.04 Å². The number of fused-ring (bicyclic) bond motifs is 1. The molecule has 0 spiro atoms. The predicted molar refractivity (Wildman–Crippen MR) is 137 cm³/mol. The smallest absolute Gasteiger partial charge is 0.253 e. The molecule has 0 radical (unpaired) electrons. The summed E-state index contributed by atoms with van der Waals surface area (Å²) in [6.07, 6.45) is 2.08. The first-order valence-corrected chi connectivity index (χ1v) is 12.6. The molecule has 2 aromatic heterocycles. The first-order chi connectivity index (χ1) is 17.7. The van der Waals surface area contributed by atoms with Crippen LogP contribution in [0.5, 0.6) is 5.75 Å². The Labute approximate surface area is 210 Å². The molecule has 1 aliphatic rings. The first-order valence-electron chi connectivity index (χ1n) is 12.6. The molecular formula is C27H32N6O3. The van der Waals surface area contributed by atoms with Crippen molar-refractivity contribution in [1.82, 2.24) is 30.1 Å². The van der Waals surface area contributed by atoms with Crippen LogP contribution in [-0.2, 0) is 17.8 Å². The number of hydrogen-bond donors (Lipinski definition) is 1. The number of ether oxygens (including phenoxy) is 2. The third-order valence-corrected chi connectivity index (χ3v) is 6.65. The van der Waals surface area contributed by atoms with Gasteiger partial charge < -0.3 is 14.5 Å². The fraction of sp³-hybridized carbons (Fsp3) is 0.407. The number of aromatic nitrogens is 5. The van der Waals surface area contributed by atoms with Gasteiger partial charge in [0.05, 0.1) is 19.3 Å². The molecule has 188 valence electrons. The highest BCUT2D eigenvalue weighted by atomic mass is 16.5. The van der Waals surface area contributed by atoms with Crippen LogP contribution in [0.3, 0.4) is 0 Å². The Hall–Kier alpha value is -3.56. The van der Waals surface area contributed by atoms with Gasteiger partial charge in [-0.05, 0) is 66.6 Å². The van der Waals surface area contributed by atoms with Crippen molar-refractivity contribution in [2.75, 3.05) is 19.8 Å². The summed E-state index contributed by atoms with van der Waals surface area (Å²) in [4.78, 5) is 18.8. The Morgan fingerprint density at radius 2 is 2.06 bits per heavy atom. The number of tetrazole rings is 1. The fourth-order valence-corrected chi connectivity index (χ4v) is 4.88. The van der Waals surface area contributed by atoms with Crippen molar-refractivity contribution in [3.8, 4) is 5.75 Å². The topological polar surface area (TPSA) is 98.2 Å². The maximum atomic E-state index is 13.5. The van der Waals surface area contributed by atoms with E-state index in [0.717, 1.165) is 41.7 Å². The van der Waals surface area contributed by atoms with Gasteiger partial charge in [-0.3, -0.25) is 9.69 Å². The van der Waals surface area contributed by atoms with Crippen molar-refractivity contribution in [3.05, 3.63) is 81.9 Å². The average molecular weight is 489 g/mol. The van der Waals surface area contributed by atoms with Gasteiger partial charge in [-0.25, -0.2) is 4.68 Å². The van der Waals surface area contributed by atoms with Gasteiger partial charge in [0.1, 0.15) is 11.8 Å². The van der Waals surface area contributed by atoms with E-state index in [2.05, 4.69) is 44.5 Å². The maximum Gasteiger partial charge on any atom is 0.253 e. The summed E-state index contributed by atoms with van der Waals surface area (Å²) in [5.41, 5.74) is 2.35. The SMILES string of the molecule is CCOc1ccc2[nH]c(=O)c([C@@H](c3nnnn3C[C@H]3CCCO3)N(CC)Cc3ccccc3)cc2c1. The normalized spacial score (nSPS) is 16.6. The van der Waals surface area contributed by atoms with E-state index in [9.17, 15) is 4.79 Å². The van der Waals surface area contributed by atoms with Crippen molar-refractivity contribution in [2.24, 2.45) is 0 Å². The number of aromatic amines is 1. The molecule has 1 fully saturated rings. The van der Waals surface area contributed by atoms with Gasteiger partial charge in [-0.1, -0.05) is 37.3 Å². The van der Waals surface area contributed by atoms with E-state index in [1.807, 2.05) is 49.4 Å². The van der Waals surface area contributed by atoms with Crippen molar-refractivity contribution in [1.29, 1.82) is 0 Å². The van der Waals surface area contributed by atoms with Crippen molar-refractivity contribution < 1.29 is 9.47 Å². The molecule has 0 bridgehead atoms. The van der Waals surface area contributed by atoms with E-state index in [1.54, 1.807) is 4.68 Å². The summed E-state index contributed by atoms with van der Waals surface area (Å²) < 4.78 is 13.4. The van der Waals surface area contributed by atoms with Gasteiger partial charge in [0, 0.05) is 29.6 Å². The number of nitrogens with one attached hydrogen (secondary N) is 1. The zero-order valence-electron chi connectivity index (χ0n) is 20.8. The van der Waals surface area contributed by atoms with Gasteiger partial charge >= 0.3 is 0 Å². The summed E-state index contributed by atoms with van der Waals surface area (Å²) in [7, 11) is 0. The third kappa shape index (κ3) is 5.17. The van der Waals surface area contributed by atoms with Crippen LogP contribution in [0.2, 0.25) is 0 Å². The molecule has 0 unspecified atom stereocenters. The minimum Gasteiger partial charge on any atom is -0.494 e. The minimum absolute atomic E-state index is 0.0701.